The molecule has 1 aliphatic heterocycles. The molecule has 1 heterocycles. The second-order valence-corrected chi connectivity index (χ2v) is 6.50. The van der Waals surface area contributed by atoms with E-state index in [1.165, 1.54) is 18.2 Å². The molecule has 18 heavy (non-hydrogen) atoms. The van der Waals surface area contributed by atoms with Crippen LogP contribution in [0.25, 0.3) is 0 Å². The number of thioether (sulfide) groups is 1. The number of amides is 1. The van der Waals surface area contributed by atoms with Gasteiger partial charge in [-0.3, -0.25) is 4.79 Å². The molecule has 2 rings (SSSR count). The molecule has 1 saturated heterocycles. The van der Waals surface area contributed by atoms with Gasteiger partial charge < -0.3 is 10.0 Å². The van der Waals surface area contributed by atoms with Gasteiger partial charge in [-0.2, -0.15) is 11.8 Å². The minimum atomic E-state index is -0.842. The monoisotopic (exact) mass is 271 g/mol. The number of fused-ring (bicyclic) bond motifs is 1. The largest absolute Gasteiger partial charge is 0.480 e. The van der Waals surface area contributed by atoms with Crippen molar-refractivity contribution >= 4 is 23.6 Å². The smallest absolute Gasteiger partial charge is 0.326 e. The highest BCUT2D eigenvalue weighted by Crippen LogP contribution is 2.40. The van der Waals surface area contributed by atoms with E-state index in [-0.39, 0.29) is 17.2 Å². The minimum absolute atomic E-state index is 0.00398. The molecule has 1 amide bonds. The van der Waals surface area contributed by atoms with Crippen molar-refractivity contribution in [1.29, 1.82) is 0 Å². The van der Waals surface area contributed by atoms with Crippen LogP contribution in [-0.2, 0) is 9.59 Å². The van der Waals surface area contributed by atoms with Gasteiger partial charge in [0.15, 0.2) is 0 Å². The van der Waals surface area contributed by atoms with E-state index in [0.717, 1.165) is 19.3 Å². The summed E-state index contributed by atoms with van der Waals surface area (Å²) >= 11 is 1.49. The van der Waals surface area contributed by atoms with E-state index in [9.17, 15) is 14.7 Å². The number of hydrogen-bond acceptors (Lipinski definition) is 3. The zero-order valence-corrected chi connectivity index (χ0v) is 11.8. The number of carbonyl (C=O) groups is 2. The molecular weight excluding hydrogens is 250 g/mol. The van der Waals surface area contributed by atoms with Crippen molar-refractivity contribution in [2.75, 3.05) is 6.26 Å². The van der Waals surface area contributed by atoms with Crippen molar-refractivity contribution in [3.63, 3.8) is 0 Å². The van der Waals surface area contributed by atoms with Crippen LogP contribution < -0.4 is 0 Å². The first-order valence-corrected chi connectivity index (χ1v) is 7.92. The van der Waals surface area contributed by atoms with Gasteiger partial charge in [0.25, 0.3) is 0 Å². The topological polar surface area (TPSA) is 57.6 Å². The molecule has 0 aromatic rings. The van der Waals surface area contributed by atoms with Gasteiger partial charge >= 0.3 is 5.97 Å². The molecule has 1 saturated carbocycles. The average molecular weight is 271 g/mol. The summed E-state index contributed by atoms with van der Waals surface area (Å²) in [7, 11) is 0. The number of aliphatic carboxylic acids is 1. The Morgan fingerprint density at radius 3 is 2.61 bits per heavy atom. The first kappa shape index (κ1) is 13.7. The maximum atomic E-state index is 12.4. The van der Waals surface area contributed by atoms with Gasteiger partial charge in [0.1, 0.15) is 6.04 Å². The third kappa shape index (κ3) is 2.37. The molecule has 0 unspecified atom stereocenters. The number of nitrogens with zero attached hydrogens (tertiary/aromatic N) is 1. The summed E-state index contributed by atoms with van der Waals surface area (Å²) in [6.07, 6.45) is 6.88. The molecule has 5 heteroatoms. The van der Waals surface area contributed by atoms with Crippen LogP contribution in [0.4, 0.5) is 0 Å². The molecule has 1 aliphatic carbocycles. The van der Waals surface area contributed by atoms with Gasteiger partial charge in [-0.05, 0) is 38.4 Å². The fraction of sp³-hybridized carbons (Fsp3) is 0.846. The Kier molecular flexibility index (Phi) is 4.20. The molecule has 4 nitrogen and oxygen atoms in total. The maximum absolute atomic E-state index is 12.4. The first-order valence-electron chi connectivity index (χ1n) is 6.64. The van der Waals surface area contributed by atoms with Crippen LogP contribution in [0.1, 0.15) is 39.0 Å². The molecule has 2 fully saturated rings. The van der Waals surface area contributed by atoms with E-state index >= 15 is 0 Å². The molecule has 1 N–H and O–H groups in total. The fourth-order valence-corrected chi connectivity index (χ4v) is 3.63. The normalized spacial score (nSPS) is 33.0. The summed E-state index contributed by atoms with van der Waals surface area (Å²) < 4.78 is 0. The summed E-state index contributed by atoms with van der Waals surface area (Å²) in [4.78, 5) is 25.4. The summed E-state index contributed by atoms with van der Waals surface area (Å²) in [5.41, 5.74) is 0. The van der Waals surface area contributed by atoms with Crippen molar-refractivity contribution < 1.29 is 14.7 Å². The van der Waals surface area contributed by atoms with Gasteiger partial charge in [-0.1, -0.05) is 12.8 Å². The van der Waals surface area contributed by atoms with Crippen molar-refractivity contribution in [3.05, 3.63) is 0 Å². The lowest BCUT2D eigenvalue weighted by molar-refractivity contribution is -0.149. The summed E-state index contributed by atoms with van der Waals surface area (Å²) in [6.45, 7) is 1.86. The molecule has 4 atom stereocenters. The predicted octanol–water partition coefficient (Wildman–Crippen LogP) is 1.98. The highest BCUT2D eigenvalue weighted by atomic mass is 32.2. The molecule has 0 aromatic heterocycles. The predicted molar refractivity (Wildman–Crippen MR) is 71.6 cm³/mol. The van der Waals surface area contributed by atoms with E-state index in [2.05, 4.69) is 0 Å². The van der Waals surface area contributed by atoms with Gasteiger partial charge in [0, 0.05) is 6.04 Å². The van der Waals surface area contributed by atoms with Crippen LogP contribution >= 0.6 is 11.8 Å². The lowest BCUT2D eigenvalue weighted by atomic mass is 9.84. The van der Waals surface area contributed by atoms with Crippen LogP contribution in [0.5, 0.6) is 0 Å². The number of carboxylic acids is 1. The Morgan fingerprint density at radius 2 is 2.00 bits per heavy atom. The molecule has 102 valence electrons. The number of carbonyl (C=O) groups excluding carboxylic acids is 1. The van der Waals surface area contributed by atoms with Crippen LogP contribution in [0.3, 0.4) is 0 Å². The number of rotatable bonds is 3. The highest BCUT2D eigenvalue weighted by molar-refractivity contribution is 7.99. The van der Waals surface area contributed by atoms with E-state index in [1.807, 2.05) is 13.2 Å². The van der Waals surface area contributed by atoms with Crippen LogP contribution in [-0.4, -0.2) is 45.5 Å². The molecule has 2 aliphatic rings. The molecule has 0 aromatic carbocycles. The number of hydrogen-bond donors (Lipinski definition) is 1. The number of carboxylic acid groups (broad SMARTS) is 1. The molecule has 0 spiro atoms. The van der Waals surface area contributed by atoms with Gasteiger partial charge in [-0.25, -0.2) is 4.79 Å². The Labute approximate surface area is 112 Å². The first-order chi connectivity index (χ1) is 8.56. The Bertz CT molecular complexity index is 347. The standard InChI is InChI=1S/C13H21NO3S/c1-8(18-2)12(15)14-10-6-4-3-5-9(10)7-11(14)13(16)17/h8-11H,3-7H2,1-2H3,(H,16,17)/t8-,9+,10+,11+/m1/s1. The zero-order valence-electron chi connectivity index (χ0n) is 11.0. The van der Waals surface area contributed by atoms with Crippen molar-refractivity contribution in [1.82, 2.24) is 4.90 Å². The van der Waals surface area contributed by atoms with Gasteiger partial charge in [0.05, 0.1) is 5.25 Å². The third-order valence-electron chi connectivity index (χ3n) is 4.33. The van der Waals surface area contributed by atoms with Crippen molar-refractivity contribution in [2.45, 2.75) is 56.4 Å². The van der Waals surface area contributed by atoms with E-state index in [1.54, 1.807) is 4.90 Å². The Balaban J connectivity index is 2.21. The van der Waals surface area contributed by atoms with Crippen molar-refractivity contribution in [3.8, 4) is 0 Å². The lowest BCUT2D eigenvalue weighted by Gasteiger charge is -2.34. The van der Waals surface area contributed by atoms with Crippen LogP contribution in [0.15, 0.2) is 0 Å². The minimum Gasteiger partial charge on any atom is -0.480 e. The molecule has 0 bridgehead atoms. The quantitative estimate of drug-likeness (QED) is 0.852. The highest BCUT2D eigenvalue weighted by Gasteiger charge is 2.48. The summed E-state index contributed by atoms with van der Waals surface area (Å²) in [6, 6.07) is -0.429. The van der Waals surface area contributed by atoms with E-state index < -0.39 is 12.0 Å². The van der Waals surface area contributed by atoms with Crippen molar-refractivity contribution in [2.24, 2.45) is 5.92 Å². The fourth-order valence-electron chi connectivity index (χ4n) is 3.31. The van der Waals surface area contributed by atoms with E-state index in [4.69, 9.17) is 0 Å². The third-order valence-corrected chi connectivity index (χ3v) is 5.24. The van der Waals surface area contributed by atoms with Gasteiger partial charge in [0.2, 0.25) is 5.91 Å². The summed E-state index contributed by atoms with van der Waals surface area (Å²) in [5.74, 6) is -0.437. The SMILES string of the molecule is CS[C@H](C)C(=O)N1[C@H](C(=O)O)C[C@@H]2CCCC[C@@H]21. The van der Waals surface area contributed by atoms with Crippen LogP contribution in [0.2, 0.25) is 0 Å². The Morgan fingerprint density at radius 1 is 1.33 bits per heavy atom. The van der Waals surface area contributed by atoms with Gasteiger partial charge in [-0.15, -0.1) is 0 Å². The lowest BCUT2D eigenvalue weighted by Crippen LogP contribution is -2.49. The summed E-state index contributed by atoms with van der Waals surface area (Å²) in [5, 5.41) is 9.19. The number of likely N-dealkylation sites (tertiary alicyclic amines) is 1. The zero-order chi connectivity index (χ0) is 13.3. The second-order valence-electron chi connectivity index (χ2n) is 5.33. The molecular formula is C13H21NO3S. The maximum Gasteiger partial charge on any atom is 0.326 e. The van der Waals surface area contributed by atoms with Crippen LogP contribution in [0, 0.1) is 5.92 Å². The van der Waals surface area contributed by atoms with E-state index in [0.29, 0.717) is 12.3 Å². The average Bonchev–Trinajstić information content (AvgIpc) is 2.76. The Hall–Kier alpha value is -0.710. The second kappa shape index (κ2) is 5.51. The molecule has 0 radical (unpaired) electrons.